The molecule has 0 bridgehead atoms. The number of imide groups is 1. The van der Waals surface area contributed by atoms with Crippen molar-refractivity contribution in [1.29, 1.82) is 0 Å². The second-order valence-electron chi connectivity index (χ2n) is 3.88. The molecule has 1 unspecified atom stereocenters. The lowest BCUT2D eigenvalue weighted by atomic mass is 10.1. The molecule has 0 saturated carbocycles. The van der Waals surface area contributed by atoms with Gasteiger partial charge in [-0.05, 0) is 19.4 Å². The summed E-state index contributed by atoms with van der Waals surface area (Å²) in [5, 5.41) is 1.96. The Morgan fingerprint density at radius 2 is 2.11 bits per heavy atom. The average molecular weight is 251 g/mol. The number of aryl methyl sites for hydroxylation is 1. The summed E-state index contributed by atoms with van der Waals surface area (Å²) in [5.74, 6) is -0.0270. The fourth-order valence-electron chi connectivity index (χ4n) is 1.50. The molecule has 0 aliphatic heterocycles. The van der Waals surface area contributed by atoms with Crippen LogP contribution in [0.25, 0.3) is 0 Å². The highest BCUT2D eigenvalue weighted by atomic mass is 16.5. The summed E-state index contributed by atoms with van der Waals surface area (Å²) in [7, 11) is 0. The number of carbonyl (C=O) groups excluding carboxylic acids is 2. The predicted molar refractivity (Wildman–Crippen MR) is 66.9 cm³/mol. The molecule has 18 heavy (non-hydrogen) atoms. The molecule has 1 atom stereocenters. The average Bonchev–Trinajstić information content (AvgIpc) is 2.30. The molecule has 1 rings (SSSR count). The van der Waals surface area contributed by atoms with Gasteiger partial charge in [0.05, 0.1) is 0 Å². The lowest BCUT2D eigenvalue weighted by molar-refractivity contribution is -0.126. The summed E-state index contributed by atoms with van der Waals surface area (Å²) in [4.78, 5) is 22.1. The van der Waals surface area contributed by atoms with E-state index in [1.54, 1.807) is 0 Å². The van der Waals surface area contributed by atoms with Crippen molar-refractivity contribution in [3.8, 4) is 5.75 Å². The summed E-state index contributed by atoms with van der Waals surface area (Å²) in [6.45, 7) is 3.69. The number of benzene rings is 1. The van der Waals surface area contributed by atoms with E-state index in [2.05, 4.69) is 0 Å². The first kappa shape index (κ1) is 14.0. The molecule has 0 heterocycles. The Bertz CT molecular complexity index is 460. The zero-order chi connectivity index (χ0) is 13.7. The monoisotopic (exact) mass is 251 g/mol. The van der Waals surface area contributed by atoms with Crippen molar-refractivity contribution in [1.82, 2.24) is 5.32 Å². The van der Waals surface area contributed by atoms with Crippen LogP contribution in [0.4, 0.5) is 4.79 Å². The number of amides is 3. The third-order valence-corrected chi connectivity index (χ3v) is 2.42. The maximum absolute atomic E-state index is 11.5. The van der Waals surface area contributed by atoms with Crippen molar-refractivity contribution in [3.05, 3.63) is 29.3 Å². The molecule has 1 aromatic rings. The number of carbonyl (C=O) groups is 2. The molecular weight excluding hydrogens is 234 g/mol. The summed E-state index contributed by atoms with van der Waals surface area (Å²) in [6, 6.07) is 4.63. The highest BCUT2D eigenvalue weighted by Crippen LogP contribution is 2.24. The van der Waals surface area contributed by atoms with Crippen LogP contribution in [0.3, 0.4) is 0 Å². The number of rotatable bonds is 4. The molecular formula is C12H17N3O3. The van der Waals surface area contributed by atoms with Gasteiger partial charge in [-0.2, -0.15) is 0 Å². The Hall–Kier alpha value is -2.08. The van der Waals surface area contributed by atoms with E-state index >= 15 is 0 Å². The molecule has 6 nitrogen and oxygen atoms in total. The van der Waals surface area contributed by atoms with Crippen molar-refractivity contribution < 1.29 is 14.3 Å². The van der Waals surface area contributed by atoms with E-state index in [4.69, 9.17) is 16.2 Å². The van der Waals surface area contributed by atoms with Crippen molar-refractivity contribution >= 4 is 11.9 Å². The van der Waals surface area contributed by atoms with Gasteiger partial charge in [-0.15, -0.1) is 0 Å². The molecule has 3 amide bonds. The van der Waals surface area contributed by atoms with Crippen LogP contribution >= 0.6 is 0 Å². The first-order valence-electron chi connectivity index (χ1n) is 5.51. The summed E-state index contributed by atoms with van der Waals surface area (Å²) < 4.78 is 5.53. The molecule has 1 aromatic carbocycles. The smallest absolute Gasteiger partial charge is 0.318 e. The first-order valence-corrected chi connectivity index (χ1v) is 5.51. The van der Waals surface area contributed by atoms with Gasteiger partial charge in [0.15, 0.2) is 6.10 Å². The third-order valence-electron chi connectivity index (χ3n) is 2.42. The second kappa shape index (κ2) is 6.02. The SMILES string of the molecule is Cc1cccc(CN)c1OC(C)C(=O)NC(N)=O. The Balaban J connectivity index is 2.84. The van der Waals surface area contributed by atoms with E-state index < -0.39 is 18.0 Å². The van der Waals surface area contributed by atoms with Crippen LogP contribution in [0, 0.1) is 6.92 Å². The fourth-order valence-corrected chi connectivity index (χ4v) is 1.50. The van der Waals surface area contributed by atoms with Crippen LogP contribution in [0.2, 0.25) is 0 Å². The van der Waals surface area contributed by atoms with Crippen molar-refractivity contribution in [2.24, 2.45) is 11.5 Å². The number of hydrogen-bond donors (Lipinski definition) is 3. The van der Waals surface area contributed by atoms with Gasteiger partial charge in [0.25, 0.3) is 5.91 Å². The van der Waals surface area contributed by atoms with Gasteiger partial charge in [-0.1, -0.05) is 18.2 Å². The lowest BCUT2D eigenvalue weighted by Crippen LogP contribution is -2.42. The third kappa shape index (κ3) is 3.46. The highest BCUT2D eigenvalue weighted by Gasteiger charge is 2.18. The van der Waals surface area contributed by atoms with E-state index in [0.29, 0.717) is 12.3 Å². The number of urea groups is 1. The van der Waals surface area contributed by atoms with Gasteiger partial charge in [0, 0.05) is 12.1 Å². The van der Waals surface area contributed by atoms with E-state index in [-0.39, 0.29) is 0 Å². The molecule has 0 aliphatic rings. The first-order chi connectivity index (χ1) is 8.45. The Morgan fingerprint density at radius 1 is 1.44 bits per heavy atom. The van der Waals surface area contributed by atoms with Gasteiger partial charge in [-0.3, -0.25) is 10.1 Å². The molecule has 0 aliphatic carbocycles. The normalized spacial score (nSPS) is 11.7. The van der Waals surface area contributed by atoms with Crippen molar-refractivity contribution in [2.45, 2.75) is 26.5 Å². The van der Waals surface area contributed by atoms with Crippen LogP contribution in [-0.4, -0.2) is 18.0 Å². The zero-order valence-corrected chi connectivity index (χ0v) is 10.4. The largest absolute Gasteiger partial charge is 0.480 e. The minimum Gasteiger partial charge on any atom is -0.480 e. The number of ether oxygens (including phenoxy) is 1. The minimum atomic E-state index is -0.903. The van der Waals surface area contributed by atoms with Crippen LogP contribution in [0.5, 0.6) is 5.75 Å². The van der Waals surface area contributed by atoms with E-state index in [1.807, 2.05) is 30.4 Å². The molecule has 6 heteroatoms. The van der Waals surface area contributed by atoms with Gasteiger partial charge >= 0.3 is 6.03 Å². The van der Waals surface area contributed by atoms with Crippen LogP contribution in [0.1, 0.15) is 18.1 Å². The maximum Gasteiger partial charge on any atom is 0.318 e. The van der Waals surface area contributed by atoms with Crippen molar-refractivity contribution in [2.75, 3.05) is 0 Å². The van der Waals surface area contributed by atoms with Crippen LogP contribution in [0.15, 0.2) is 18.2 Å². The summed E-state index contributed by atoms with van der Waals surface area (Å²) in [6.07, 6.45) is -0.830. The Morgan fingerprint density at radius 3 is 2.67 bits per heavy atom. The maximum atomic E-state index is 11.5. The molecule has 0 radical (unpaired) electrons. The second-order valence-corrected chi connectivity index (χ2v) is 3.88. The highest BCUT2D eigenvalue weighted by molar-refractivity contribution is 5.95. The van der Waals surface area contributed by atoms with Gasteiger partial charge < -0.3 is 16.2 Å². The van der Waals surface area contributed by atoms with Crippen molar-refractivity contribution in [3.63, 3.8) is 0 Å². The fraction of sp³-hybridized carbons (Fsp3) is 0.333. The summed E-state index contributed by atoms with van der Waals surface area (Å²) >= 11 is 0. The van der Waals surface area contributed by atoms with E-state index in [1.165, 1.54) is 6.92 Å². The number of nitrogens with two attached hydrogens (primary N) is 2. The zero-order valence-electron chi connectivity index (χ0n) is 10.4. The quantitative estimate of drug-likeness (QED) is 0.720. The Kier molecular flexibility index (Phi) is 4.67. The topological polar surface area (TPSA) is 107 Å². The lowest BCUT2D eigenvalue weighted by Gasteiger charge is -2.17. The predicted octanol–water partition coefficient (Wildman–Crippen LogP) is 0.416. The Labute approximate surface area is 105 Å². The molecule has 0 saturated heterocycles. The molecule has 98 valence electrons. The van der Waals surface area contributed by atoms with Gasteiger partial charge in [0.1, 0.15) is 5.75 Å². The molecule has 0 fully saturated rings. The van der Waals surface area contributed by atoms with E-state index in [9.17, 15) is 9.59 Å². The van der Waals surface area contributed by atoms with Crippen LogP contribution < -0.4 is 21.5 Å². The molecule has 0 aromatic heterocycles. The number of nitrogens with one attached hydrogen (secondary N) is 1. The summed E-state index contributed by atoms with van der Waals surface area (Å²) in [5.41, 5.74) is 12.1. The van der Waals surface area contributed by atoms with Crippen LogP contribution in [-0.2, 0) is 11.3 Å². The minimum absolute atomic E-state index is 0.307. The molecule has 5 N–H and O–H groups in total. The van der Waals surface area contributed by atoms with Gasteiger partial charge in [0.2, 0.25) is 0 Å². The standard InChI is InChI=1S/C12H17N3O3/c1-7-4-3-5-9(6-13)10(7)18-8(2)11(16)15-12(14)17/h3-5,8H,6,13H2,1-2H3,(H3,14,15,16,17). The number of primary amides is 1. The number of para-hydroxylation sites is 1. The van der Waals surface area contributed by atoms with Gasteiger partial charge in [-0.25, -0.2) is 4.79 Å². The number of hydrogen-bond acceptors (Lipinski definition) is 4. The van der Waals surface area contributed by atoms with E-state index in [0.717, 1.165) is 11.1 Å². The molecule has 0 spiro atoms.